The van der Waals surface area contributed by atoms with Crippen LogP contribution in [0.5, 0.6) is 0 Å². The SMILES string of the molecule is CCOC(=O)C1CC/C(=N\NC(=O)CSc2cc(C)c(Br)cc2C)C(CC)=C1C. The molecule has 5 nitrogen and oxygen atoms in total. The van der Waals surface area contributed by atoms with Crippen molar-refractivity contribution < 1.29 is 14.3 Å². The molecule has 1 aromatic rings. The Morgan fingerprint density at radius 1 is 1.24 bits per heavy atom. The number of aryl methyl sites for hydroxylation is 2. The standard InChI is InChI=1S/C22H29BrN2O3S/c1-6-16-15(5)17(22(27)28-7-2)8-9-19(16)24-25-21(26)12-29-20-11-13(3)18(23)10-14(20)4/h10-11,17H,6-9,12H2,1-5H3,(H,25,26)/b24-19+. The molecule has 0 aromatic heterocycles. The van der Waals surface area contributed by atoms with Gasteiger partial charge in [0.2, 0.25) is 5.91 Å². The van der Waals surface area contributed by atoms with E-state index in [1.165, 1.54) is 11.8 Å². The molecule has 2 rings (SSSR count). The molecule has 1 aromatic carbocycles. The number of benzene rings is 1. The summed E-state index contributed by atoms with van der Waals surface area (Å²) in [6, 6.07) is 4.15. The average Bonchev–Trinajstić information content (AvgIpc) is 2.68. The van der Waals surface area contributed by atoms with Crippen molar-refractivity contribution in [2.45, 2.75) is 58.8 Å². The van der Waals surface area contributed by atoms with Gasteiger partial charge in [-0.15, -0.1) is 11.8 Å². The third-order valence-corrected chi connectivity index (χ3v) is 7.08. The first kappa shape index (κ1) is 23.7. The van der Waals surface area contributed by atoms with Gasteiger partial charge in [-0.1, -0.05) is 28.4 Å². The monoisotopic (exact) mass is 480 g/mol. The molecular formula is C22H29BrN2O3S. The summed E-state index contributed by atoms with van der Waals surface area (Å²) in [6.45, 7) is 10.3. The maximum atomic E-state index is 12.3. The average molecular weight is 481 g/mol. The van der Waals surface area contributed by atoms with Crippen LogP contribution < -0.4 is 5.43 Å². The number of esters is 1. The Morgan fingerprint density at radius 2 is 1.97 bits per heavy atom. The molecule has 0 radical (unpaired) electrons. The van der Waals surface area contributed by atoms with Gasteiger partial charge >= 0.3 is 5.97 Å². The van der Waals surface area contributed by atoms with Gasteiger partial charge in [0.05, 0.1) is 24.0 Å². The van der Waals surface area contributed by atoms with Gasteiger partial charge in [0, 0.05) is 9.37 Å². The summed E-state index contributed by atoms with van der Waals surface area (Å²) in [7, 11) is 0. The van der Waals surface area contributed by atoms with Crippen molar-refractivity contribution in [1.82, 2.24) is 5.43 Å². The highest BCUT2D eigenvalue weighted by Gasteiger charge is 2.29. The minimum absolute atomic E-state index is 0.136. The summed E-state index contributed by atoms with van der Waals surface area (Å²) in [4.78, 5) is 25.6. The lowest BCUT2D eigenvalue weighted by atomic mass is 9.81. The zero-order chi connectivity index (χ0) is 21.6. The quantitative estimate of drug-likeness (QED) is 0.325. The van der Waals surface area contributed by atoms with Gasteiger partial charge in [-0.05, 0) is 75.8 Å². The van der Waals surface area contributed by atoms with Gasteiger partial charge in [-0.2, -0.15) is 5.10 Å². The van der Waals surface area contributed by atoms with Gasteiger partial charge < -0.3 is 4.74 Å². The molecule has 1 N–H and O–H groups in total. The zero-order valence-corrected chi connectivity index (χ0v) is 20.1. The molecule has 7 heteroatoms. The Hall–Kier alpha value is -1.60. The van der Waals surface area contributed by atoms with Crippen molar-refractivity contribution >= 4 is 45.3 Å². The number of rotatable bonds is 7. The predicted octanol–water partition coefficient (Wildman–Crippen LogP) is 5.33. The van der Waals surface area contributed by atoms with Gasteiger partial charge in [0.1, 0.15) is 0 Å². The Balaban J connectivity index is 2.02. The van der Waals surface area contributed by atoms with Crippen LogP contribution in [0.2, 0.25) is 0 Å². The van der Waals surface area contributed by atoms with Crippen LogP contribution in [0, 0.1) is 19.8 Å². The number of allylic oxidation sites excluding steroid dienone is 1. The molecule has 0 bridgehead atoms. The van der Waals surface area contributed by atoms with Crippen LogP contribution in [-0.2, 0) is 14.3 Å². The number of carbonyl (C=O) groups excluding carboxylic acids is 2. The molecular weight excluding hydrogens is 452 g/mol. The van der Waals surface area contributed by atoms with E-state index in [1.807, 2.05) is 34.6 Å². The minimum atomic E-state index is -0.210. The Morgan fingerprint density at radius 3 is 2.62 bits per heavy atom. The summed E-state index contributed by atoms with van der Waals surface area (Å²) >= 11 is 5.03. The molecule has 1 atom stereocenters. The number of halogens is 1. The first-order valence-corrected chi connectivity index (χ1v) is 11.7. The molecule has 29 heavy (non-hydrogen) atoms. The number of nitrogens with one attached hydrogen (secondary N) is 1. The van der Waals surface area contributed by atoms with E-state index < -0.39 is 0 Å². The first-order valence-electron chi connectivity index (χ1n) is 9.90. The lowest BCUT2D eigenvalue weighted by Crippen LogP contribution is -2.28. The summed E-state index contributed by atoms with van der Waals surface area (Å²) in [6.07, 6.45) is 2.08. The molecule has 0 spiro atoms. The summed E-state index contributed by atoms with van der Waals surface area (Å²) in [5, 5.41) is 4.38. The Labute approximate surface area is 185 Å². The highest BCUT2D eigenvalue weighted by atomic mass is 79.9. The van der Waals surface area contributed by atoms with Crippen molar-refractivity contribution in [3.63, 3.8) is 0 Å². The van der Waals surface area contributed by atoms with E-state index in [9.17, 15) is 9.59 Å². The van der Waals surface area contributed by atoms with Crippen LogP contribution in [0.1, 0.15) is 51.2 Å². The largest absolute Gasteiger partial charge is 0.466 e. The lowest BCUT2D eigenvalue weighted by Gasteiger charge is -2.26. The topological polar surface area (TPSA) is 67.8 Å². The highest BCUT2D eigenvalue weighted by molar-refractivity contribution is 9.10. The predicted molar refractivity (Wildman–Crippen MR) is 122 cm³/mol. The van der Waals surface area contributed by atoms with Crippen LogP contribution >= 0.6 is 27.7 Å². The maximum absolute atomic E-state index is 12.3. The molecule has 0 saturated carbocycles. The number of amides is 1. The van der Waals surface area contributed by atoms with Crippen LogP contribution in [0.3, 0.4) is 0 Å². The van der Waals surface area contributed by atoms with Gasteiger partial charge in [0.15, 0.2) is 0 Å². The fraction of sp³-hybridized carbons (Fsp3) is 0.500. The van der Waals surface area contributed by atoms with Gasteiger partial charge in [-0.3, -0.25) is 9.59 Å². The molecule has 0 aliphatic heterocycles. The van der Waals surface area contributed by atoms with E-state index in [-0.39, 0.29) is 17.8 Å². The molecule has 0 saturated heterocycles. The third-order valence-electron chi connectivity index (χ3n) is 5.07. The lowest BCUT2D eigenvalue weighted by molar-refractivity contribution is -0.146. The second-order valence-corrected chi connectivity index (χ2v) is 8.98. The number of hydrazone groups is 1. The molecule has 1 aliphatic rings. The first-order chi connectivity index (χ1) is 13.8. The van der Waals surface area contributed by atoms with E-state index in [4.69, 9.17) is 4.74 Å². The Bertz CT molecular complexity index is 849. The fourth-order valence-corrected chi connectivity index (χ4v) is 4.80. The number of ether oxygens (including phenoxy) is 1. The number of hydrogen-bond donors (Lipinski definition) is 1. The number of carbonyl (C=O) groups is 2. The van der Waals surface area contributed by atoms with E-state index >= 15 is 0 Å². The van der Waals surface area contributed by atoms with Crippen molar-refractivity contribution in [3.05, 3.63) is 38.9 Å². The van der Waals surface area contributed by atoms with Crippen LogP contribution in [0.15, 0.2) is 37.7 Å². The molecule has 0 heterocycles. The molecule has 0 fully saturated rings. The maximum Gasteiger partial charge on any atom is 0.313 e. The Kier molecular flexibility index (Phi) is 8.96. The summed E-state index contributed by atoms with van der Waals surface area (Å²) < 4.78 is 6.26. The number of hydrogen-bond acceptors (Lipinski definition) is 5. The number of nitrogens with zero attached hydrogens (tertiary/aromatic N) is 1. The molecule has 158 valence electrons. The van der Waals surface area contributed by atoms with Crippen molar-refractivity contribution in [3.8, 4) is 0 Å². The zero-order valence-electron chi connectivity index (χ0n) is 17.7. The van der Waals surface area contributed by atoms with Gasteiger partial charge in [-0.25, -0.2) is 5.43 Å². The van der Waals surface area contributed by atoms with Crippen LogP contribution in [0.25, 0.3) is 0 Å². The van der Waals surface area contributed by atoms with Crippen LogP contribution in [-0.4, -0.2) is 29.9 Å². The van der Waals surface area contributed by atoms with Crippen molar-refractivity contribution in [2.24, 2.45) is 11.0 Å². The third kappa shape index (κ3) is 6.19. The molecule has 1 amide bonds. The summed E-state index contributed by atoms with van der Waals surface area (Å²) in [5.41, 5.74) is 7.87. The normalized spacial score (nSPS) is 18.1. The van der Waals surface area contributed by atoms with E-state index in [2.05, 4.69) is 38.6 Å². The summed E-state index contributed by atoms with van der Waals surface area (Å²) in [5.74, 6) is -0.216. The minimum Gasteiger partial charge on any atom is -0.466 e. The fourth-order valence-electron chi connectivity index (χ4n) is 3.45. The number of thioether (sulfide) groups is 1. The highest BCUT2D eigenvalue weighted by Crippen LogP contribution is 2.31. The van der Waals surface area contributed by atoms with E-state index in [0.717, 1.165) is 43.8 Å². The van der Waals surface area contributed by atoms with Gasteiger partial charge in [0.25, 0.3) is 0 Å². The van der Waals surface area contributed by atoms with E-state index in [0.29, 0.717) is 25.2 Å². The van der Waals surface area contributed by atoms with Crippen LogP contribution in [0.4, 0.5) is 0 Å². The smallest absolute Gasteiger partial charge is 0.313 e. The molecule has 1 aliphatic carbocycles. The molecule has 1 unspecified atom stereocenters. The van der Waals surface area contributed by atoms with Crippen molar-refractivity contribution in [2.75, 3.05) is 12.4 Å². The second kappa shape index (κ2) is 11.0. The van der Waals surface area contributed by atoms with E-state index in [1.54, 1.807) is 0 Å². The second-order valence-electron chi connectivity index (χ2n) is 7.11. The van der Waals surface area contributed by atoms with Crippen molar-refractivity contribution in [1.29, 1.82) is 0 Å².